The summed E-state index contributed by atoms with van der Waals surface area (Å²) < 4.78 is 4.80. The second kappa shape index (κ2) is 5.35. The van der Waals surface area contributed by atoms with Gasteiger partial charge in [-0.3, -0.25) is 4.79 Å². The third-order valence-corrected chi connectivity index (χ3v) is 2.45. The van der Waals surface area contributed by atoms with E-state index >= 15 is 0 Å². The maximum Gasteiger partial charge on any atom is 0.367 e. The molecule has 3 N–H and O–H groups in total. The highest BCUT2D eigenvalue weighted by molar-refractivity contribution is 5.92. The first-order valence-electron chi connectivity index (χ1n) is 5.62. The molecule has 0 unspecified atom stereocenters. The third-order valence-electron chi connectivity index (χ3n) is 2.45. The Morgan fingerprint density at radius 2 is 1.90 bits per heavy atom. The molecule has 0 bridgehead atoms. The quantitative estimate of drug-likeness (QED) is 0.833. The first-order valence-corrected chi connectivity index (χ1v) is 5.62. The van der Waals surface area contributed by atoms with Crippen LogP contribution in [-0.2, 0) is 0 Å². The molecule has 0 fully saturated rings. The van der Waals surface area contributed by atoms with E-state index in [0.29, 0.717) is 11.3 Å². The van der Waals surface area contributed by atoms with E-state index < -0.39 is 11.5 Å². The Bertz CT molecular complexity index is 732. The Hall–Kier alpha value is -2.96. The van der Waals surface area contributed by atoms with E-state index in [4.69, 9.17) is 10.2 Å². The number of aromatic hydroxyl groups is 1. The number of hydrogen-bond acceptors (Lipinski definition) is 6. The molecule has 0 atom stereocenters. The third kappa shape index (κ3) is 2.89. The van der Waals surface area contributed by atoms with E-state index in [1.807, 2.05) is 0 Å². The molecule has 0 aliphatic carbocycles. The average Bonchev–Trinajstić information content (AvgIpc) is 2.38. The number of benzene rings is 1. The van der Waals surface area contributed by atoms with Crippen LogP contribution in [0.5, 0.6) is 5.75 Å². The van der Waals surface area contributed by atoms with Gasteiger partial charge in [0.25, 0.3) is 0 Å². The molecule has 1 amide bonds. The number of nitrogens with zero attached hydrogens (tertiary/aromatic N) is 2. The summed E-state index contributed by atoms with van der Waals surface area (Å²) in [7, 11) is 0. The van der Waals surface area contributed by atoms with E-state index in [-0.39, 0.29) is 17.2 Å². The highest BCUT2D eigenvalue weighted by atomic mass is 16.4. The van der Waals surface area contributed by atoms with Crippen LogP contribution < -0.4 is 11.4 Å². The van der Waals surface area contributed by atoms with Crippen LogP contribution in [0.1, 0.15) is 16.1 Å². The lowest BCUT2D eigenvalue weighted by Gasteiger charge is -1.98. The minimum absolute atomic E-state index is 0.275. The van der Waals surface area contributed by atoms with Crippen molar-refractivity contribution in [3.05, 3.63) is 52.1 Å². The van der Waals surface area contributed by atoms with E-state index in [0.717, 1.165) is 0 Å². The van der Waals surface area contributed by atoms with Gasteiger partial charge in [0, 0.05) is 11.6 Å². The van der Waals surface area contributed by atoms with Crippen LogP contribution in [0.3, 0.4) is 0 Å². The maximum absolute atomic E-state index is 11.5. The molecule has 1 aromatic heterocycles. The number of amides is 1. The molecule has 1 heterocycles. The molecule has 0 spiro atoms. The van der Waals surface area contributed by atoms with Crippen LogP contribution in [0.15, 0.2) is 49.8 Å². The molecule has 2 rings (SSSR count). The molecular formula is C13H11N3O4. The van der Waals surface area contributed by atoms with Gasteiger partial charge >= 0.3 is 5.63 Å². The molecule has 20 heavy (non-hydrogen) atoms. The number of primary amides is 1. The summed E-state index contributed by atoms with van der Waals surface area (Å²) in [4.78, 5) is 22.4. The second-order valence-electron chi connectivity index (χ2n) is 3.99. The molecule has 0 aliphatic heterocycles. The standard InChI is InChI=1S/C13H11N3O4/c1-7-6-10(17)11(13(19)20-7)16-15-9-4-2-8(3-5-9)12(14)18/h2-6,17H,1H3,(H2,14,18). The van der Waals surface area contributed by atoms with Gasteiger partial charge in [-0.05, 0) is 31.2 Å². The SMILES string of the molecule is Cc1cc(O)c(N=Nc2ccc(C(N)=O)cc2)c(=O)o1. The van der Waals surface area contributed by atoms with Gasteiger partial charge in [0.15, 0.2) is 5.75 Å². The zero-order chi connectivity index (χ0) is 14.7. The molecule has 1 aromatic carbocycles. The van der Waals surface area contributed by atoms with Gasteiger partial charge in [-0.2, -0.15) is 5.11 Å². The molecule has 0 saturated carbocycles. The summed E-state index contributed by atoms with van der Waals surface area (Å²) in [5.74, 6) is -0.584. The molecule has 0 radical (unpaired) electrons. The van der Waals surface area contributed by atoms with Crippen molar-refractivity contribution in [1.29, 1.82) is 0 Å². The molecule has 2 aromatic rings. The maximum atomic E-state index is 11.5. The highest BCUT2D eigenvalue weighted by Crippen LogP contribution is 2.25. The fourth-order valence-corrected chi connectivity index (χ4v) is 1.48. The van der Waals surface area contributed by atoms with Crippen LogP contribution in [0.4, 0.5) is 11.4 Å². The van der Waals surface area contributed by atoms with Crippen molar-refractivity contribution >= 4 is 17.3 Å². The molecular weight excluding hydrogens is 262 g/mol. The normalized spacial score (nSPS) is 10.8. The smallest absolute Gasteiger partial charge is 0.367 e. The van der Waals surface area contributed by atoms with Gasteiger partial charge in [0.05, 0.1) is 5.69 Å². The molecule has 102 valence electrons. The largest absolute Gasteiger partial charge is 0.505 e. The number of carbonyl (C=O) groups is 1. The Kier molecular flexibility index (Phi) is 3.60. The lowest BCUT2D eigenvalue weighted by Crippen LogP contribution is -2.10. The lowest BCUT2D eigenvalue weighted by molar-refractivity contribution is 0.100. The number of carbonyl (C=O) groups excluding carboxylic acids is 1. The van der Waals surface area contributed by atoms with Crippen LogP contribution in [0.25, 0.3) is 0 Å². The summed E-state index contributed by atoms with van der Waals surface area (Å²) in [6.07, 6.45) is 0. The van der Waals surface area contributed by atoms with E-state index in [2.05, 4.69) is 10.2 Å². The van der Waals surface area contributed by atoms with Crippen molar-refractivity contribution in [2.24, 2.45) is 16.0 Å². The number of nitrogens with two attached hydrogens (primary N) is 1. The Labute approximate surface area is 113 Å². The minimum atomic E-state index is -0.778. The van der Waals surface area contributed by atoms with Crippen molar-refractivity contribution in [3.63, 3.8) is 0 Å². The lowest BCUT2D eigenvalue weighted by atomic mass is 10.2. The van der Waals surface area contributed by atoms with Gasteiger partial charge in [-0.25, -0.2) is 4.79 Å². The van der Waals surface area contributed by atoms with Crippen LogP contribution in [-0.4, -0.2) is 11.0 Å². The first kappa shape index (κ1) is 13.5. The monoisotopic (exact) mass is 273 g/mol. The number of rotatable bonds is 3. The Balaban J connectivity index is 2.30. The number of hydrogen-bond donors (Lipinski definition) is 2. The predicted molar refractivity (Wildman–Crippen MR) is 70.5 cm³/mol. The van der Waals surface area contributed by atoms with E-state index in [9.17, 15) is 14.7 Å². The van der Waals surface area contributed by atoms with E-state index in [1.165, 1.54) is 37.3 Å². The fraction of sp³-hybridized carbons (Fsp3) is 0.0769. The van der Waals surface area contributed by atoms with Crippen molar-refractivity contribution in [1.82, 2.24) is 0 Å². The van der Waals surface area contributed by atoms with Gasteiger partial charge < -0.3 is 15.3 Å². The summed E-state index contributed by atoms with van der Waals surface area (Å²) in [5, 5.41) is 17.0. The van der Waals surface area contributed by atoms with Crippen molar-refractivity contribution < 1.29 is 14.3 Å². The number of aryl methyl sites for hydroxylation is 1. The zero-order valence-corrected chi connectivity index (χ0v) is 10.5. The molecule has 7 nitrogen and oxygen atoms in total. The Morgan fingerprint density at radius 3 is 2.45 bits per heavy atom. The van der Waals surface area contributed by atoms with E-state index in [1.54, 1.807) is 0 Å². The van der Waals surface area contributed by atoms with Gasteiger partial charge in [0.2, 0.25) is 11.6 Å². The van der Waals surface area contributed by atoms with Crippen LogP contribution >= 0.6 is 0 Å². The summed E-state index contributed by atoms with van der Waals surface area (Å²) in [5.41, 5.74) is 4.77. The summed E-state index contributed by atoms with van der Waals surface area (Å²) in [6, 6.07) is 7.25. The summed E-state index contributed by atoms with van der Waals surface area (Å²) >= 11 is 0. The molecule has 0 saturated heterocycles. The topological polar surface area (TPSA) is 118 Å². The first-order chi connectivity index (χ1) is 9.47. The van der Waals surface area contributed by atoms with Crippen LogP contribution in [0.2, 0.25) is 0 Å². The minimum Gasteiger partial charge on any atom is -0.505 e. The highest BCUT2D eigenvalue weighted by Gasteiger charge is 2.08. The number of azo groups is 1. The zero-order valence-electron chi connectivity index (χ0n) is 10.5. The average molecular weight is 273 g/mol. The van der Waals surface area contributed by atoms with Gasteiger partial charge in [-0.1, -0.05) is 0 Å². The fourth-order valence-electron chi connectivity index (χ4n) is 1.48. The Morgan fingerprint density at radius 1 is 1.25 bits per heavy atom. The van der Waals surface area contributed by atoms with Crippen molar-refractivity contribution in [3.8, 4) is 5.75 Å². The van der Waals surface area contributed by atoms with Gasteiger partial charge in [-0.15, -0.1) is 5.11 Å². The molecule has 7 heteroatoms. The van der Waals surface area contributed by atoms with Crippen molar-refractivity contribution in [2.45, 2.75) is 6.92 Å². The van der Waals surface area contributed by atoms with Crippen LogP contribution in [0, 0.1) is 6.92 Å². The van der Waals surface area contributed by atoms with Gasteiger partial charge in [0.1, 0.15) is 5.76 Å². The summed E-state index contributed by atoms with van der Waals surface area (Å²) in [6.45, 7) is 1.53. The van der Waals surface area contributed by atoms with Crippen molar-refractivity contribution in [2.75, 3.05) is 0 Å². The predicted octanol–water partition coefficient (Wildman–Crippen LogP) is 2.17. The molecule has 0 aliphatic rings. The second-order valence-corrected chi connectivity index (χ2v) is 3.99.